The van der Waals surface area contributed by atoms with Crippen molar-refractivity contribution in [2.24, 2.45) is 5.73 Å². The molecule has 0 spiro atoms. The zero-order chi connectivity index (χ0) is 12.1. The summed E-state index contributed by atoms with van der Waals surface area (Å²) in [6, 6.07) is 7.01. The smallest absolute Gasteiger partial charge is 0.258 e. The van der Waals surface area contributed by atoms with Gasteiger partial charge in [-0.3, -0.25) is 10.1 Å². The minimum absolute atomic E-state index is 0.181. The number of hydrogen-bond acceptors (Lipinski definition) is 5. The number of rotatable bonds is 3. The molecule has 0 saturated heterocycles. The van der Waals surface area contributed by atoms with Gasteiger partial charge in [-0.05, 0) is 17.7 Å². The lowest BCUT2D eigenvalue weighted by Gasteiger charge is -2.03. The minimum atomic E-state index is -0.276. The Kier molecular flexibility index (Phi) is 3.37. The first-order valence-electron chi connectivity index (χ1n) is 5.03. The Morgan fingerprint density at radius 3 is 2.59 bits per heavy atom. The number of benzene rings is 1. The molecular weight excluding hydrogens is 218 g/mol. The van der Waals surface area contributed by atoms with Crippen LogP contribution in [0.3, 0.4) is 0 Å². The lowest BCUT2D eigenvalue weighted by Crippen LogP contribution is -2.14. The number of carbonyl (C=O) groups excluding carboxylic acids is 1. The Morgan fingerprint density at radius 2 is 2.00 bits per heavy atom. The molecule has 0 aliphatic carbocycles. The fourth-order valence-corrected chi connectivity index (χ4v) is 1.27. The number of hydrogen-bond donors (Lipinski definition) is 2. The van der Waals surface area contributed by atoms with E-state index < -0.39 is 0 Å². The molecule has 0 saturated carbocycles. The molecule has 1 amide bonds. The van der Waals surface area contributed by atoms with Crippen molar-refractivity contribution < 1.29 is 4.79 Å². The fraction of sp³-hybridized carbons (Fsp3) is 0.0909. The summed E-state index contributed by atoms with van der Waals surface area (Å²) in [4.78, 5) is 15.6. The van der Waals surface area contributed by atoms with Gasteiger partial charge in [0.1, 0.15) is 0 Å². The average molecular weight is 229 g/mol. The van der Waals surface area contributed by atoms with E-state index in [1.165, 1.54) is 12.4 Å². The Labute approximate surface area is 97.9 Å². The number of amides is 1. The van der Waals surface area contributed by atoms with Crippen molar-refractivity contribution >= 4 is 11.9 Å². The monoisotopic (exact) mass is 229 g/mol. The van der Waals surface area contributed by atoms with Crippen LogP contribution in [0.25, 0.3) is 0 Å². The van der Waals surface area contributed by atoms with E-state index >= 15 is 0 Å². The van der Waals surface area contributed by atoms with Gasteiger partial charge < -0.3 is 5.73 Å². The van der Waals surface area contributed by atoms with E-state index in [0.29, 0.717) is 12.1 Å². The maximum atomic E-state index is 11.8. The van der Waals surface area contributed by atoms with Crippen molar-refractivity contribution in [3.63, 3.8) is 0 Å². The second-order valence-electron chi connectivity index (χ2n) is 3.32. The zero-order valence-electron chi connectivity index (χ0n) is 9.00. The van der Waals surface area contributed by atoms with Gasteiger partial charge >= 0.3 is 0 Å². The van der Waals surface area contributed by atoms with E-state index in [0.717, 1.165) is 5.56 Å². The lowest BCUT2D eigenvalue weighted by molar-refractivity contribution is 0.102. The summed E-state index contributed by atoms with van der Waals surface area (Å²) >= 11 is 0. The molecule has 3 N–H and O–H groups in total. The van der Waals surface area contributed by atoms with Crippen LogP contribution in [-0.4, -0.2) is 21.1 Å². The van der Waals surface area contributed by atoms with Crippen molar-refractivity contribution in [1.29, 1.82) is 0 Å². The number of nitrogens with two attached hydrogens (primary N) is 1. The van der Waals surface area contributed by atoms with Gasteiger partial charge in [-0.15, -0.1) is 5.10 Å². The molecule has 2 rings (SSSR count). The van der Waals surface area contributed by atoms with Crippen LogP contribution < -0.4 is 11.1 Å². The first kappa shape index (κ1) is 11.2. The molecule has 0 bridgehead atoms. The van der Waals surface area contributed by atoms with Crippen LogP contribution in [0.2, 0.25) is 0 Å². The van der Waals surface area contributed by atoms with Crippen molar-refractivity contribution in [3.8, 4) is 0 Å². The van der Waals surface area contributed by atoms with Gasteiger partial charge in [0.2, 0.25) is 5.95 Å². The maximum absolute atomic E-state index is 11.8. The van der Waals surface area contributed by atoms with Crippen LogP contribution in [0.1, 0.15) is 15.9 Å². The summed E-state index contributed by atoms with van der Waals surface area (Å²) in [6.07, 6.45) is 2.89. The first-order chi connectivity index (χ1) is 8.29. The highest BCUT2D eigenvalue weighted by Gasteiger charge is 2.07. The molecule has 1 aromatic heterocycles. The molecule has 0 unspecified atom stereocenters. The number of nitrogens with one attached hydrogen (secondary N) is 1. The van der Waals surface area contributed by atoms with Gasteiger partial charge in [-0.2, -0.15) is 5.10 Å². The lowest BCUT2D eigenvalue weighted by atomic mass is 10.1. The summed E-state index contributed by atoms with van der Waals surface area (Å²) in [6.45, 7) is 0.452. The highest BCUT2D eigenvalue weighted by atomic mass is 16.1. The summed E-state index contributed by atoms with van der Waals surface area (Å²) in [5.41, 5.74) is 6.97. The molecule has 17 heavy (non-hydrogen) atoms. The van der Waals surface area contributed by atoms with Gasteiger partial charge in [0.25, 0.3) is 5.91 Å². The Morgan fingerprint density at radius 1 is 1.24 bits per heavy atom. The molecule has 6 nitrogen and oxygen atoms in total. The number of carbonyl (C=O) groups is 1. The van der Waals surface area contributed by atoms with Gasteiger partial charge in [0, 0.05) is 12.1 Å². The largest absolute Gasteiger partial charge is 0.326 e. The van der Waals surface area contributed by atoms with E-state index in [2.05, 4.69) is 20.5 Å². The molecule has 6 heteroatoms. The van der Waals surface area contributed by atoms with Gasteiger partial charge in [0.15, 0.2) is 0 Å². The van der Waals surface area contributed by atoms with E-state index in [-0.39, 0.29) is 11.9 Å². The molecule has 0 aliphatic heterocycles. The molecule has 0 radical (unpaired) electrons. The van der Waals surface area contributed by atoms with Crippen LogP contribution in [0, 0.1) is 0 Å². The maximum Gasteiger partial charge on any atom is 0.258 e. The van der Waals surface area contributed by atoms with Crippen LogP contribution >= 0.6 is 0 Å². The molecule has 0 fully saturated rings. The molecule has 1 aromatic carbocycles. The van der Waals surface area contributed by atoms with Gasteiger partial charge in [0.05, 0.1) is 12.4 Å². The topological polar surface area (TPSA) is 93.8 Å². The SMILES string of the molecule is NCc1ccc(C(=O)Nc2nccnn2)cc1. The third-order valence-corrected chi connectivity index (χ3v) is 2.16. The van der Waals surface area contributed by atoms with E-state index in [1.807, 2.05) is 0 Å². The van der Waals surface area contributed by atoms with Crippen LogP contribution in [0.15, 0.2) is 36.7 Å². The molecular formula is C11H11N5O. The average Bonchev–Trinajstić information content (AvgIpc) is 2.40. The molecule has 1 heterocycles. The zero-order valence-corrected chi connectivity index (χ0v) is 9.00. The van der Waals surface area contributed by atoms with Crippen LogP contribution in [0.5, 0.6) is 0 Å². The predicted octanol–water partition coefficient (Wildman–Crippen LogP) is 0.583. The van der Waals surface area contributed by atoms with Crippen molar-refractivity contribution in [1.82, 2.24) is 15.2 Å². The normalized spacial score (nSPS) is 9.94. The predicted molar refractivity (Wildman–Crippen MR) is 62.1 cm³/mol. The van der Waals surface area contributed by atoms with E-state index in [9.17, 15) is 4.79 Å². The van der Waals surface area contributed by atoms with Crippen LogP contribution in [0.4, 0.5) is 5.95 Å². The summed E-state index contributed by atoms with van der Waals surface area (Å²) in [5, 5.41) is 9.82. The number of anilines is 1. The van der Waals surface area contributed by atoms with E-state index in [4.69, 9.17) is 5.73 Å². The first-order valence-corrected chi connectivity index (χ1v) is 5.03. The Balaban J connectivity index is 2.09. The fourth-order valence-electron chi connectivity index (χ4n) is 1.27. The van der Waals surface area contributed by atoms with Crippen LogP contribution in [-0.2, 0) is 6.54 Å². The second-order valence-corrected chi connectivity index (χ2v) is 3.32. The third kappa shape index (κ3) is 2.82. The van der Waals surface area contributed by atoms with Crippen molar-refractivity contribution in [2.75, 3.05) is 5.32 Å². The highest BCUT2D eigenvalue weighted by molar-refractivity contribution is 6.03. The van der Waals surface area contributed by atoms with Gasteiger partial charge in [-0.25, -0.2) is 4.98 Å². The standard InChI is InChI=1S/C11H11N5O/c12-7-8-1-3-9(4-2-8)10(17)15-11-13-5-6-14-16-11/h1-6H,7,12H2,(H,13,15,16,17). The quantitative estimate of drug-likeness (QED) is 0.803. The Hall–Kier alpha value is -2.34. The highest BCUT2D eigenvalue weighted by Crippen LogP contribution is 2.05. The Bertz CT molecular complexity index is 497. The number of aromatic nitrogens is 3. The van der Waals surface area contributed by atoms with Gasteiger partial charge in [-0.1, -0.05) is 12.1 Å². The second kappa shape index (κ2) is 5.13. The molecule has 86 valence electrons. The summed E-state index contributed by atoms with van der Waals surface area (Å²) in [5.74, 6) is -0.0954. The summed E-state index contributed by atoms with van der Waals surface area (Å²) < 4.78 is 0. The van der Waals surface area contributed by atoms with Crippen molar-refractivity contribution in [3.05, 3.63) is 47.8 Å². The third-order valence-electron chi connectivity index (χ3n) is 2.16. The molecule has 0 atom stereocenters. The van der Waals surface area contributed by atoms with E-state index in [1.54, 1.807) is 24.3 Å². The molecule has 0 aliphatic rings. The minimum Gasteiger partial charge on any atom is -0.326 e. The van der Waals surface area contributed by atoms with Crippen molar-refractivity contribution in [2.45, 2.75) is 6.54 Å². The molecule has 2 aromatic rings. The number of nitrogens with zero attached hydrogens (tertiary/aromatic N) is 3. The summed E-state index contributed by atoms with van der Waals surface area (Å²) in [7, 11) is 0.